The maximum atomic E-state index is 13.0. The van der Waals surface area contributed by atoms with E-state index >= 15 is 0 Å². The summed E-state index contributed by atoms with van der Waals surface area (Å²) in [6, 6.07) is 25.4. The van der Waals surface area contributed by atoms with Crippen molar-refractivity contribution in [1.29, 1.82) is 0 Å². The fourth-order valence-corrected chi connectivity index (χ4v) is 4.26. The van der Waals surface area contributed by atoms with Crippen molar-refractivity contribution < 1.29 is 14.3 Å². The third-order valence-corrected chi connectivity index (χ3v) is 6.73. The molecule has 38 heavy (non-hydrogen) atoms. The zero-order valence-corrected chi connectivity index (χ0v) is 23.3. The van der Waals surface area contributed by atoms with Crippen LogP contribution in [0.4, 0.5) is 0 Å². The standard InChI is InChI=1S/C30H27BrClN3O3/c1-19(2)28(34-29(36)22-9-14-24(32)15-10-22)30(37)35-33-17-26-25-6-4-3-5-21(25)11-16-27(26)38-18-20-7-12-23(31)13-8-20/h3-17,19,28H,18H2,1-2H3,(H,34,36)(H,35,37). The first kappa shape index (κ1) is 27.4. The number of benzene rings is 4. The normalized spacial score (nSPS) is 12.0. The van der Waals surface area contributed by atoms with Gasteiger partial charge < -0.3 is 10.1 Å². The Labute approximate surface area is 235 Å². The monoisotopic (exact) mass is 591 g/mol. The van der Waals surface area contributed by atoms with E-state index in [0.29, 0.717) is 22.9 Å². The maximum absolute atomic E-state index is 13.0. The van der Waals surface area contributed by atoms with Crippen molar-refractivity contribution in [2.24, 2.45) is 11.0 Å². The Morgan fingerprint density at radius 3 is 2.39 bits per heavy atom. The van der Waals surface area contributed by atoms with Gasteiger partial charge in [-0.05, 0) is 64.7 Å². The molecule has 2 N–H and O–H groups in total. The number of amides is 2. The van der Waals surface area contributed by atoms with Gasteiger partial charge in [0.2, 0.25) is 0 Å². The van der Waals surface area contributed by atoms with Crippen molar-refractivity contribution in [2.45, 2.75) is 26.5 Å². The quantitative estimate of drug-likeness (QED) is 0.167. The predicted octanol–water partition coefficient (Wildman–Crippen LogP) is 6.74. The second kappa shape index (κ2) is 12.7. The summed E-state index contributed by atoms with van der Waals surface area (Å²) < 4.78 is 7.14. The number of halogens is 2. The molecule has 6 nitrogen and oxygen atoms in total. The summed E-state index contributed by atoms with van der Waals surface area (Å²) >= 11 is 9.36. The molecule has 8 heteroatoms. The van der Waals surface area contributed by atoms with Gasteiger partial charge in [-0.15, -0.1) is 0 Å². The van der Waals surface area contributed by atoms with Crippen LogP contribution in [0.1, 0.15) is 35.3 Å². The summed E-state index contributed by atoms with van der Waals surface area (Å²) in [5.41, 5.74) is 4.77. The number of carbonyl (C=O) groups is 2. The molecule has 1 unspecified atom stereocenters. The van der Waals surface area contributed by atoms with E-state index < -0.39 is 11.9 Å². The van der Waals surface area contributed by atoms with Crippen LogP contribution in [0.2, 0.25) is 5.02 Å². The predicted molar refractivity (Wildman–Crippen MR) is 156 cm³/mol. The van der Waals surface area contributed by atoms with Crippen LogP contribution in [0, 0.1) is 5.92 Å². The van der Waals surface area contributed by atoms with Gasteiger partial charge in [-0.3, -0.25) is 9.59 Å². The highest BCUT2D eigenvalue weighted by molar-refractivity contribution is 9.10. The Kier molecular flexibility index (Phi) is 9.15. The van der Waals surface area contributed by atoms with Gasteiger partial charge in [0.1, 0.15) is 18.4 Å². The lowest BCUT2D eigenvalue weighted by molar-refractivity contribution is -0.123. The molecule has 0 aliphatic rings. The van der Waals surface area contributed by atoms with Gasteiger partial charge in [0, 0.05) is 20.6 Å². The molecule has 4 aromatic carbocycles. The van der Waals surface area contributed by atoms with E-state index in [2.05, 4.69) is 31.8 Å². The number of rotatable bonds is 9. The van der Waals surface area contributed by atoms with E-state index in [0.717, 1.165) is 26.4 Å². The van der Waals surface area contributed by atoms with Gasteiger partial charge in [0.15, 0.2) is 0 Å². The smallest absolute Gasteiger partial charge is 0.262 e. The number of hydrazone groups is 1. The Hall–Kier alpha value is -3.68. The lowest BCUT2D eigenvalue weighted by atomic mass is 10.0. The van der Waals surface area contributed by atoms with Crippen LogP contribution in [0.15, 0.2) is 94.5 Å². The zero-order valence-electron chi connectivity index (χ0n) is 20.9. The molecule has 0 bridgehead atoms. The number of ether oxygens (including phenoxy) is 1. The molecule has 0 heterocycles. The summed E-state index contributed by atoms with van der Waals surface area (Å²) in [6.07, 6.45) is 1.58. The first-order chi connectivity index (χ1) is 18.3. The summed E-state index contributed by atoms with van der Waals surface area (Å²) in [4.78, 5) is 25.7. The molecule has 0 aliphatic carbocycles. The second-order valence-electron chi connectivity index (χ2n) is 9.05. The maximum Gasteiger partial charge on any atom is 0.262 e. The molecule has 194 valence electrons. The molecule has 0 aromatic heterocycles. The molecule has 0 spiro atoms. The van der Waals surface area contributed by atoms with Crippen LogP contribution in [-0.4, -0.2) is 24.1 Å². The van der Waals surface area contributed by atoms with Gasteiger partial charge in [-0.2, -0.15) is 5.10 Å². The molecule has 0 radical (unpaired) electrons. The summed E-state index contributed by atoms with van der Waals surface area (Å²) in [5.74, 6) is -0.307. The number of nitrogens with one attached hydrogen (secondary N) is 2. The average Bonchev–Trinajstić information content (AvgIpc) is 2.92. The summed E-state index contributed by atoms with van der Waals surface area (Å²) in [6.45, 7) is 4.09. The first-order valence-electron chi connectivity index (χ1n) is 12.1. The van der Waals surface area contributed by atoms with Gasteiger partial charge in [-0.25, -0.2) is 5.43 Å². The molecule has 0 aliphatic heterocycles. The number of hydrogen-bond donors (Lipinski definition) is 2. The van der Waals surface area contributed by atoms with Gasteiger partial charge in [0.25, 0.3) is 11.8 Å². The Morgan fingerprint density at radius 2 is 1.68 bits per heavy atom. The van der Waals surface area contributed by atoms with E-state index in [-0.39, 0.29) is 11.8 Å². The van der Waals surface area contributed by atoms with Crippen LogP contribution in [0.25, 0.3) is 10.8 Å². The van der Waals surface area contributed by atoms with Crippen molar-refractivity contribution in [1.82, 2.24) is 10.7 Å². The van der Waals surface area contributed by atoms with Crippen LogP contribution >= 0.6 is 27.5 Å². The van der Waals surface area contributed by atoms with Crippen LogP contribution in [0.3, 0.4) is 0 Å². The number of nitrogens with zero attached hydrogens (tertiary/aromatic N) is 1. The van der Waals surface area contributed by atoms with Crippen molar-refractivity contribution in [3.8, 4) is 5.75 Å². The van der Waals surface area contributed by atoms with Crippen molar-refractivity contribution in [2.75, 3.05) is 0 Å². The number of carbonyl (C=O) groups excluding carboxylic acids is 2. The van der Waals surface area contributed by atoms with E-state index in [1.165, 1.54) is 0 Å². The second-order valence-corrected chi connectivity index (χ2v) is 10.4. The lowest BCUT2D eigenvalue weighted by Crippen LogP contribution is -2.48. The minimum atomic E-state index is -0.782. The highest BCUT2D eigenvalue weighted by atomic mass is 79.9. The van der Waals surface area contributed by atoms with Gasteiger partial charge >= 0.3 is 0 Å². The van der Waals surface area contributed by atoms with Crippen LogP contribution < -0.4 is 15.5 Å². The minimum absolute atomic E-state index is 0.163. The minimum Gasteiger partial charge on any atom is -0.488 e. The molecular weight excluding hydrogens is 566 g/mol. The third-order valence-electron chi connectivity index (χ3n) is 5.95. The molecule has 0 saturated heterocycles. The van der Waals surface area contributed by atoms with Crippen molar-refractivity contribution in [3.63, 3.8) is 0 Å². The molecular formula is C30H27BrClN3O3. The van der Waals surface area contributed by atoms with E-state index in [4.69, 9.17) is 16.3 Å². The molecule has 0 fully saturated rings. The van der Waals surface area contributed by atoms with Crippen molar-refractivity contribution in [3.05, 3.63) is 111 Å². The van der Waals surface area contributed by atoms with E-state index in [1.54, 1.807) is 30.5 Å². The van der Waals surface area contributed by atoms with Crippen molar-refractivity contribution >= 4 is 56.3 Å². The van der Waals surface area contributed by atoms with Gasteiger partial charge in [-0.1, -0.05) is 83.8 Å². The fourth-order valence-electron chi connectivity index (χ4n) is 3.87. The van der Waals surface area contributed by atoms with E-state index in [1.807, 2.05) is 74.5 Å². The molecule has 4 rings (SSSR count). The van der Waals surface area contributed by atoms with Crippen LogP contribution in [-0.2, 0) is 11.4 Å². The average molecular weight is 593 g/mol. The highest BCUT2D eigenvalue weighted by Crippen LogP contribution is 2.27. The number of hydrogen-bond acceptors (Lipinski definition) is 4. The molecule has 0 saturated carbocycles. The first-order valence-corrected chi connectivity index (χ1v) is 13.3. The SMILES string of the molecule is CC(C)C(NC(=O)c1ccc(Cl)cc1)C(=O)NN=Cc1c(OCc2ccc(Br)cc2)ccc2ccccc12. The summed E-state index contributed by atoms with van der Waals surface area (Å²) in [7, 11) is 0. The number of fused-ring (bicyclic) bond motifs is 1. The third kappa shape index (κ3) is 7.00. The van der Waals surface area contributed by atoms with E-state index in [9.17, 15) is 9.59 Å². The van der Waals surface area contributed by atoms with Crippen LogP contribution in [0.5, 0.6) is 5.75 Å². The van der Waals surface area contributed by atoms with Gasteiger partial charge in [0.05, 0.1) is 6.21 Å². The zero-order chi connectivity index (χ0) is 27.1. The Bertz CT molecular complexity index is 1450. The highest BCUT2D eigenvalue weighted by Gasteiger charge is 2.24. The molecule has 4 aromatic rings. The molecule has 2 amide bonds. The fraction of sp³-hybridized carbons (Fsp3) is 0.167. The lowest BCUT2D eigenvalue weighted by Gasteiger charge is -2.20. The topological polar surface area (TPSA) is 79.8 Å². The largest absolute Gasteiger partial charge is 0.488 e. The Morgan fingerprint density at radius 1 is 0.974 bits per heavy atom. The Balaban J connectivity index is 1.51. The summed E-state index contributed by atoms with van der Waals surface area (Å²) in [5, 5.41) is 9.51. The molecule has 1 atom stereocenters.